The lowest BCUT2D eigenvalue weighted by Crippen LogP contribution is -2.37. The summed E-state index contributed by atoms with van der Waals surface area (Å²) in [6, 6.07) is 3.46. The normalized spacial score (nSPS) is 15.2. The molecule has 0 aromatic carbocycles. The van der Waals surface area contributed by atoms with Crippen LogP contribution in [0.25, 0.3) is 0 Å². The summed E-state index contributed by atoms with van der Waals surface area (Å²) in [6.45, 7) is 5.56. The van der Waals surface area contributed by atoms with E-state index in [1.54, 1.807) is 10.7 Å². The van der Waals surface area contributed by atoms with E-state index in [2.05, 4.69) is 29.4 Å². The molecule has 1 aliphatic rings. The highest BCUT2D eigenvalue weighted by atomic mass is 32.2. The van der Waals surface area contributed by atoms with Crippen LogP contribution in [0, 0.1) is 5.92 Å². The maximum atomic E-state index is 12.2. The van der Waals surface area contributed by atoms with Gasteiger partial charge in [0.15, 0.2) is 0 Å². The van der Waals surface area contributed by atoms with Crippen molar-refractivity contribution in [3.05, 3.63) is 35.0 Å². The molecule has 0 radical (unpaired) electrons. The summed E-state index contributed by atoms with van der Waals surface area (Å²) < 4.78 is 31.6. The van der Waals surface area contributed by atoms with Gasteiger partial charge in [0.1, 0.15) is 0 Å². The Morgan fingerprint density at radius 1 is 1.31 bits per heavy atom. The van der Waals surface area contributed by atoms with Crippen LogP contribution in [0.15, 0.2) is 16.7 Å². The summed E-state index contributed by atoms with van der Waals surface area (Å²) in [6.07, 6.45) is 1.95. The van der Waals surface area contributed by atoms with Crippen LogP contribution in [-0.4, -0.2) is 46.4 Å². The van der Waals surface area contributed by atoms with Gasteiger partial charge in [-0.1, -0.05) is 19.0 Å². The molecule has 2 aromatic heterocycles. The summed E-state index contributed by atoms with van der Waals surface area (Å²) in [5, 5.41) is 11.1. The van der Waals surface area contributed by atoms with Crippen LogP contribution in [0.2, 0.25) is 0 Å². The highest BCUT2D eigenvalue weighted by molar-refractivity contribution is 7.88. The van der Waals surface area contributed by atoms with Crippen LogP contribution in [0.3, 0.4) is 0 Å². The van der Waals surface area contributed by atoms with E-state index in [0.717, 1.165) is 17.8 Å². The van der Waals surface area contributed by atoms with Crippen molar-refractivity contribution in [2.75, 3.05) is 12.8 Å². The molecule has 1 N–H and O–H groups in total. The fourth-order valence-electron chi connectivity index (χ4n) is 2.86. The van der Waals surface area contributed by atoms with E-state index < -0.39 is 10.0 Å². The number of rotatable bonds is 6. The van der Waals surface area contributed by atoms with Gasteiger partial charge in [-0.05, 0) is 18.4 Å². The molecule has 0 aliphatic carbocycles. The number of aromatic nitrogens is 3. The third-order valence-electron chi connectivity index (χ3n) is 4.11. The van der Waals surface area contributed by atoms with Crippen molar-refractivity contribution < 1.29 is 17.7 Å². The Kier molecular flexibility index (Phi) is 5.15. The number of hydrogen-bond donors (Lipinski definition) is 1. The van der Waals surface area contributed by atoms with Crippen molar-refractivity contribution >= 4 is 15.9 Å². The summed E-state index contributed by atoms with van der Waals surface area (Å²) in [5.41, 5.74) is 2.24. The third-order valence-corrected chi connectivity index (χ3v) is 5.36. The minimum absolute atomic E-state index is 0.174. The van der Waals surface area contributed by atoms with Crippen molar-refractivity contribution in [2.24, 2.45) is 5.92 Å². The second kappa shape index (κ2) is 7.20. The molecule has 26 heavy (non-hydrogen) atoms. The van der Waals surface area contributed by atoms with Gasteiger partial charge >= 0.3 is 0 Å². The van der Waals surface area contributed by atoms with Crippen molar-refractivity contribution in [1.29, 1.82) is 0 Å². The molecule has 0 unspecified atom stereocenters. The number of nitrogens with one attached hydrogen (secondary N) is 1. The summed E-state index contributed by atoms with van der Waals surface area (Å²) in [4.78, 5) is 12.2. The van der Waals surface area contributed by atoms with Crippen LogP contribution in [-0.2, 0) is 36.1 Å². The van der Waals surface area contributed by atoms with Gasteiger partial charge < -0.3 is 9.84 Å². The lowest BCUT2D eigenvalue weighted by molar-refractivity contribution is 0.0913. The first-order valence-corrected chi connectivity index (χ1v) is 10.3. The molecule has 0 spiro atoms. The maximum Gasteiger partial charge on any atom is 0.290 e. The topological polar surface area (TPSA) is 110 Å². The number of amides is 1. The zero-order valence-electron chi connectivity index (χ0n) is 15.1. The fourth-order valence-corrected chi connectivity index (χ4v) is 3.64. The van der Waals surface area contributed by atoms with Gasteiger partial charge in [0.05, 0.1) is 43.0 Å². The Hall–Kier alpha value is -2.20. The molecule has 2 aromatic rings. The van der Waals surface area contributed by atoms with E-state index in [0.29, 0.717) is 31.2 Å². The van der Waals surface area contributed by atoms with Crippen LogP contribution < -0.4 is 5.32 Å². The zero-order valence-corrected chi connectivity index (χ0v) is 15.9. The molecule has 9 nitrogen and oxygen atoms in total. The zero-order chi connectivity index (χ0) is 18.9. The predicted octanol–water partition coefficient (Wildman–Crippen LogP) is 0.775. The number of carbonyl (C=O) groups excluding carboxylic acids is 1. The highest BCUT2D eigenvalue weighted by Gasteiger charge is 2.24. The average Bonchev–Trinajstić information content (AvgIpc) is 3.16. The summed E-state index contributed by atoms with van der Waals surface area (Å²) in [7, 11) is -3.22. The van der Waals surface area contributed by atoms with Crippen LogP contribution >= 0.6 is 0 Å². The Labute approximate surface area is 152 Å². The average molecular weight is 381 g/mol. The number of carbonyl (C=O) groups is 1. The van der Waals surface area contributed by atoms with E-state index in [4.69, 9.17) is 4.52 Å². The number of fused-ring (bicyclic) bond motifs is 1. The summed E-state index contributed by atoms with van der Waals surface area (Å²) >= 11 is 0. The highest BCUT2D eigenvalue weighted by Crippen LogP contribution is 2.16. The first kappa shape index (κ1) is 18.6. The van der Waals surface area contributed by atoms with Crippen molar-refractivity contribution in [3.63, 3.8) is 0 Å². The predicted molar refractivity (Wildman–Crippen MR) is 93.7 cm³/mol. The number of nitrogens with zero attached hydrogens (tertiary/aromatic N) is 4. The van der Waals surface area contributed by atoms with Gasteiger partial charge in [0, 0.05) is 12.6 Å². The number of sulfonamides is 1. The van der Waals surface area contributed by atoms with Crippen molar-refractivity contribution in [1.82, 2.24) is 24.6 Å². The van der Waals surface area contributed by atoms with Gasteiger partial charge in [-0.3, -0.25) is 9.48 Å². The molecule has 0 saturated carbocycles. The van der Waals surface area contributed by atoms with Crippen molar-refractivity contribution in [2.45, 2.75) is 39.9 Å². The molecule has 0 saturated heterocycles. The van der Waals surface area contributed by atoms with E-state index >= 15 is 0 Å². The molecular formula is C16H23N5O4S. The second-order valence-electron chi connectivity index (χ2n) is 6.91. The molecular weight excluding hydrogens is 358 g/mol. The lowest BCUT2D eigenvalue weighted by atomic mass is 10.1. The van der Waals surface area contributed by atoms with Crippen LogP contribution in [0.5, 0.6) is 0 Å². The van der Waals surface area contributed by atoms with E-state index in [1.807, 2.05) is 6.07 Å². The minimum Gasteiger partial charge on any atom is -0.351 e. The molecule has 3 rings (SSSR count). The molecule has 1 aliphatic heterocycles. The first-order valence-electron chi connectivity index (χ1n) is 8.47. The Bertz CT molecular complexity index is 900. The fraction of sp³-hybridized carbons (Fsp3) is 0.562. The quantitative estimate of drug-likeness (QED) is 0.791. The standard InChI is InChI=1S/C16H23N5O4S/c1-11(2)6-12-8-15(25-19-12)16(22)17-9-13-7-14-10-20(26(3,23)24)4-5-21(14)18-13/h7-8,11H,4-6,9-10H2,1-3H3,(H,17,22). The van der Waals surface area contributed by atoms with Gasteiger partial charge in [-0.2, -0.15) is 9.40 Å². The molecule has 0 bridgehead atoms. The summed E-state index contributed by atoms with van der Waals surface area (Å²) in [5.74, 6) is 0.253. The molecule has 10 heteroatoms. The minimum atomic E-state index is -3.22. The smallest absolute Gasteiger partial charge is 0.290 e. The van der Waals surface area contributed by atoms with E-state index in [9.17, 15) is 13.2 Å². The first-order chi connectivity index (χ1) is 12.2. The van der Waals surface area contributed by atoms with E-state index in [1.165, 1.54) is 10.6 Å². The van der Waals surface area contributed by atoms with Crippen molar-refractivity contribution in [3.8, 4) is 0 Å². The van der Waals surface area contributed by atoms with Crippen LogP contribution in [0.1, 0.15) is 41.5 Å². The Balaban J connectivity index is 1.60. The molecule has 0 atom stereocenters. The van der Waals surface area contributed by atoms with Gasteiger partial charge in [-0.15, -0.1) is 0 Å². The molecule has 1 amide bonds. The maximum absolute atomic E-state index is 12.2. The Morgan fingerprint density at radius 3 is 2.77 bits per heavy atom. The monoisotopic (exact) mass is 381 g/mol. The number of hydrogen-bond acceptors (Lipinski definition) is 6. The second-order valence-corrected chi connectivity index (χ2v) is 8.89. The SMILES string of the molecule is CC(C)Cc1cc(C(=O)NCc2cc3n(n2)CCN(S(C)(=O)=O)C3)on1. The van der Waals surface area contributed by atoms with Gasteiger partial charge in [0.25, 0.3) is 5.91 Å². The van der Waals surface area contributed by atoms with Gasteiger partial charge in [-0.25, -0.2) is 8.42 Å². The third kappa shape index (κ3) is 4.31. The molecule has 0 fully saturated rings. The molecule has 142 valence electrons. The largest absolute Gasteiger partial charge is 0.351 e. The Morgan fingerprint density at radius 2 is 2.08 bits per heavy atom. The van der Waals surface area contributed by atoms with Crippen LogP contribution in [0.4, 0.5) is 0 Å². The molecule has 3 heterocycles. The van der Waals surface area contributed by atoms with Gasteiger partial charge in [0.2, 0.25) is 15.8 Å². The van der Waals surface area contributed by atoms with E-state index in [-0.39, 0.29) is 18.2 Å². The lowest BCUT2D eigenvalue weighted by Gasteiger charge is -2.25.